The normalized spacial score (nSPS) is 29.5. The molecule has 1 heterocycles. The van der Waals surface area contributed by atoms with Crippen LogP contribution in [0.1, 0.15) is 67.5 Å². The number of aryl methyl sites for hydroxylation is 1. The van der Waals surface area contributed by atoms with E-state index in [1.165, 1.54) is 19.3 Å². The standard InChI is InChI=1S/C24H28N2O5/c1-14(22(27)24-10-16-7-17(11-24)9-18(8-16)12-24)30-23(28)19-5-3-4-6-20(19)29-13-21-25-15(2)31-26-21/h3-6,14,16-18H,7-13H2,1-2H3. The molecule has 0 radical (unpaired) electrons. The van der Waals surface area contributed by atoms with Crippen LogP contribution >= 0.6 is 0 Å². The van der Waals surface area contributed by atoms with Gasteiger partial charge >= 0.3 is 5.97 Å². The molecule has 0 amide bonds. The summed E-state index contributed by atoms with van der Waals surface area (Å²) in [5, 5.41) is 3.79. The minimum atomic E-state index is -0.767. The first-order chi connectivity index (χ1) is 14.9. The lowest BCUT2D eigenvalue weighted by Gasteiger charge is -2.56. The van der Waals surface area contributed by atoms with E-state index in [-0.39, 0.29) is 23.4 Å². The molecule has 4 bridgehead atoms. The van der Waals surface area contributed by atoms with Crippen molar-refractivity contribution in [3.8, 4) is 5.75 Å². The highest BCUT2D eigenvalue weighted by Crippen LogP contribution is 2.60. The van der Waals surface area contributed by atoms with Gasteiger partial charge in [-0.25, -0.2) is 4.79 Å². The number of rotatable bonds is 7. The van der Waals surface area contributed by atoms with Crippen molar-refractivity contribution in [3.63, 3.8) is 0 Å². The Labute approximate surface area is 181 Å². The van der Waals surface area contributed by atoms with Gasteiger partial charge in [0.15, 0.2) is 18.5 Å². The maximum atomic E-state index is 13.4. The predicted octanol–water partition coefficient (Wildman–Crippen LogP) is 4.29. The second kappa shape index (κ2) is 7.77. The van der Waals surface area contributed by atoms with E-state index in [9.17, 15) is 9.59 Å². The van der Waals surface area contributed by atoms with E-state index in [4.69, 9.17) is 14.0 Å². The molecule has 0 N–H and O–H groups in total. The number of carbonyl (C=O) groups excluding carboxylic acids is 2. The van der Waals surface area contributed by atoms with Crippen LogP contribution in [0.3, 0.4) is 0 Å². The number of ketones is 1. The third-order valence-electron chi connectivity index (χ3n) is 7.25. The molecule has 0 saturated heterocycles. The van der Waals surface area contributed by atoms with Crippen LogP contribution in [0.25, 0.3) is 0 Å². The number of hydrogen-bond donors (Lipinski definition) is 0. The molecule has 0 aliphatic heterocycles. The van der Waals surface area contributed by atoms with E-state index in [1.807, 2.05) is 0 Å². The zero-order valence-electron chi connectivity index (χ0n) is 18.0. The molecule has 7 nitrogen and oxygen atoms in total. The van der Waals surface area contributed by atoms with Crippen molar-refractivity contribution in [3.05, 3.63) is 41.5 Å². The predicted molar refractivity (Wildman–Crippen MR) is 110 cm³/mol. The number of aromatic nitrogens is 2. The Kier molecular flexibility index (Phi) is 5.07. The summed E-state index contributed by atoms with van der Waals surface area (Å²) in [7, 11) is 0. The smallest absolute Gasteiger partial charge is 0.342 e. The van der Waals surface area contributed by atoms with Crippen LogP contribution in [-0.4, -0.2) is 28.0 Å². The van der Waals surface area contributed by atoms with Gasteiger partial charge < -0.3 is 14.0 Å². The Morgan fingerprint density at radius 1 is 1.13 bits per heavy atom. The summed E-state index contributed by atoms with van der Waals surface area (Å²) in [5.41, 5.74) is -0.00566. The maximum absolute atomic E-state index is 13.4. The average molecular weight is 424 g/mol. The van der Waals surface area contributed by atoms with Gasteiger partial charge in [0.2, 0.25) is 11.7 Å². The summed E-state index contributed by atoms with van der Waals surface area (Å²) in [6.07, 6.45) is 5.93. The zero-order chi connectivity index (χ0) is 21.6. The van der Waals surface area contributed by atoms with Crippen molar-refractivity contribution >= 4 is 11.8 Å². The summed E-state index contributed by atoms with van der Waals surface area (Å²) in [4.78, 5) is 30.4. The Balaban J connectivity index is 1.26. The number of nitrogens with zero attached hydrogens (tertiary/aromatic N) is 2. The fourth-order valence-corrected chi connectivity index (χ4v) is 6.42. The Bertz CT molecular complexity index is 962. The minimum absolute atomic E-state index is 0.0728. The van der Waals surface area contributed by atoms with Gasteiger partial charge in [0.1, 0.15) is 11.3 Å². The number of Topliss-reactive ketones (excluding diaryl/α,β-unsaturated/α-hetero) is 1. The SMILES string of the molecule is Cc1nc(COc2ccccc2C(=O)OC(C)C(=O)C23CC4CC(CC(C4)C2)C3)no1. The highest BCUT2D eigenvalue weighted by molar-refractivity contribution is 5.96. The minimum Gasteiger partial charge on any atom is -0.485 e. The Hall–Kier alpha value is -2.70. The van der Waals surface area contributed by atoms with Crippen LogP contribution in [-0.2, 0) is 16.1 Å². The fourth-order valence-electron chi connectivity index (χ4n) is 6.42. The summed E-state index contributed by atoms with van der Waals surface area (Å²) in [6, 6.07) is 6.85. The molecule has 0 spiro atoms. The van der Waals surface area contributed by atoms with Crippen LogP contribution < -0.4 is 4.74 Å². The molecule has 1 unspecified atom stereocenters. The molecule has 4 fully saturated rings. The number of para-hydroxylation sites is 1. The first kappa shape index (κ1) is 20.2. The van der Waals surface area contributed by atoms with Crippen molar-refractivity contribution in [2.45, 2.75) is 65.1 Å². The van der Waals surface area contributed by atoms with Crippen LogP contribution in [0.2, 0.25) is 0 Å². The van der Waals surface area contributed by atoms with E-state index < -0.39 is 12.1 Å². The molecular formula is C24H28N2O5. The highest BCUT2D eigenvalue weighted by Gasteiger charge is 2.55. The quantitative estimate of drug-likeness (QED) is 0.612. The van der Waals surface area contributed by atoms with E-state index in [0.29, 0.717) is 35.2 Å². The maximum Gasteiger partial charge on any atom is 0.342 e. The fraction of sp³-hybridized carbons (Fsp3) is 0.583. The van der Waals surface area contributed by atoms with Crippen LogP contribution in [0.5, 0.6) is 5.75 Å². The largest absolute Gasteiger partial charge is 0.485 e. The molecule has 4 saturated carbocycles. The second-order valence-corrected chi connectivity index (χ2v) is 9.62. The van der Waals surface area contributed by atoms with Gasteiger partial charge in [-0.3, -0.25) is 4.79 Å². The van der Waals surface area contributed by atoms with Gasteiger partial charge in [0.05, 0.1) is 0 Å². The van der Waals surface area contributed by atoms with Crippen molar-refractivity contribution in [2.75, 3.05) is 0 Å². The molecule has 1 atom stereocenters. The molecule has 31 heavy (non-hydrogen) atoms. The summed E-state index contributed by atoms with van der Waals surface area (Å²) in [5.74, 6) is 2.76. The van der Waals surface area contributed by atoms with Crippen molar-refractivity contribution in [1.29, 1.82) is 0 Å². The van der Waals surface area contributed by atoms with Crippen LogP contribution in [0.15, 0.2) is 28.8 Å². The molecule has 6 rings (SSSR count). The third-order valence-corrected chi connectivity index (χ3v) is 7.25. The molecule has 4 aliphatic carbocycles. The lowest BCUT2D eigenvalue weighted by atomic mass is 9.48. The average Bonchev–Trinajstić information content (AvgIpc) is 3.16. The molecule has 1 aromatic heterocycles. The van der Waals surface area contributed by atoms with E-state index in [0.717, 1.165) is 19.3 Å². The van der Waals surface area contributed by atoms with E-state index in [1.54, 1.807) is 38.1 Å². The van der Waals surface area contributed by atoms with Gasteiger partial charge in [-0.2, -0.15) is 4.98 Å². The Morgan fingerprint density at radius 3 is 2.39 bits per heavy atom. The second-order valence-electron chi connectivity index (χ2n) is 9.62. The molecule has 4 aliphatic rings. The van der Waals surface area contributed by atoms with Gasteiger partial charge in [-0.05, 0) is 75.3 Å². The van der Waals surface area contributed by atoms with Crippen LogP contribution in [0, 0.1) is 30.1 Å². The Morgan fingerprint density at radius 2 is 1.77 bits per heavy atom. The van der Waals surface area contributed by atoms with Gasteiger partial charge in [0.25, 0.3) is 0 Å². The summed E-state index contributed by atoms with van der Waals surface area (Å²) in [6.45, 7) is 3.48. The number of hydrogen-bond acceptors (Lipinski definition) is 7. The lowest BCUT2D eigenvalue weighted by Crippen LogP contribution is -2.52. The summed E-state index contributed by atoms with van der Waals surface area (Å²) >= 11 is 0. The first-order valence-electron chi connectivity index (χ1n) is 11.2. The van der Waals surface area contributed by atoms with Crippen LogP contribution in [0.4, 0.5) is 0 Å². The number of carbonyl (C=O) groups is 2. The summed E-state index contributed by atoms with van der Waals surface area (Å²) < 4.78 is 16.3. The van der Waals surface area contributed by atoms with Crippen molar-refractivity contribution in [2.24, 2.45) is 23.2 Å². The molecule has 164 valence electrons. The first-order valence-corrected chi connectivity index (χ1v) is 11.2. The molecular weight excluding hydrogens is 396 g/mol. The number of benzene rings is 1. The topological polar surface area (TPSA) is 91.5 Å². The highest BCUT2D eigenvalue weighted by atomic mass is 16.5. The molecule has 1 aromatic carbocycles. The van der Waals surface area contributed by atoms with E-state index in [2.05, 4.69) is 10.1 Å². The van der Waals surface area contributed by atoms with Gasteiger partial charge in [0, 0.05) is 12.3 Å². The third kappa shape index (κ3) is 3.86. The van der Waals surface area contributed by atoms with Gasteiger partial charge in [-0.15, -0.1) is 0 Å². The monoisotopic (exact) mass is 424 g/mol. The lowest BCUT2D eigenvalue weighted by molar-refractivity contribution is -0.152. The van der Waals surface area contributed by atoms with E-state index >= 15 is 0 Å². The van der Waals surface area contributed by atoms with Gasteiger partial charge in [-0.1, -0.05) is 17.3 Å². The number of esters is 1. The molecule has 7 heteroatoms. The van der Waals surface area contributed by atoms with Crippen molar-refractivity contribution < 1.29 is 23.6 Å². The zero-order valence-corrected chi connectivity index (χ0v) is 18.0. The number of ether oxygens (including phenoxy) is 2. The van der Waals surface area contributed by atoms with Crippen molar-refractivity contribution in [1.82, 2.24) is 10.1 Å². The molecule has 2 aromatic rings.